The third kappa shape index (κ3) is 4.69. The van der Waals surface area contributed by atoms with Crippen LogP contribution in [0, 0.1) is 0 Å². The van der Waals surface area contributed by atoms with Gasteiger partial charge in [0, 0.05) is 49.2 Å². The van der Waals surface area contributed by atoms with Gasteiger partial charge in [-0.1, -0.05) is 23.7 Å². The molecule has 1 N–H and O–H groups in total. The molecule has 0 aliphatic carbocycles. The summed E-state index contributed by atoms with van der Waals surface area (Å²) in [7, 11) is 2.10. The highest BCUT2D eigenvalue weighted by atomic mass is 35.5. The lowest BCUT2D eigenvalue weighted by Gasteiger charge is -2.50. The van der Waals surface area contributed by atoms with Crippen molar-refractivity contribution in [2.45, 2.75) is 37.8 Å². The van der Waals surface area contributed by atoms with E-state index in [-0.39, 0.29) is 11.5 Å². The summed E-state index contributed by atoms with van der Waals surface area (Å²) >= 11 is 6.24. The summed E-state index contributed by atoms with van der Waals surface area (Å²) in [5.41, 5.74) is 2.93. The van der Waals surface area contributed by atoms with E-state index in [4.69, 9.17) is 26.1 Å². The zero-order valence-electron chi connectivity index (χ0n) is 20.3. The fraction of sp³-hybridized carbons (Fsp3) is 0.333. The van der Waals surface area contributed by atoms with Crippen molar-refractivity contribution >= 4 is 28.8 Å². The number of amidine groups is 1. The van der Waals surface area contributed by atoms with Gasteiger partial charge in [0.1, 0.15) is 5.84 Å². The molecule has 3 aromatic rings. The molecule has 1 aromatic heterocycles. The maximum atomic E-state index is 14.0. The van der Waals surface area contributed by atoms with Crippen molar-refractivity contribution in [3.8, 4) is 11.5 Å². The van der Waals surface area contributed by atoms with E-state index in [1.165, 1.54) is 0 Å². The zero-order valence-corrected chi connectivity index (χ0v) is 21.0. The Balaban J connectivity index is 1.48. The monoisotopic (exact) mass is 525 g/mol. The van der Waals surface area contributed by atoms with Gasteiger partial charge in [0.05, 0.1) is 23.5 Å². The fourth-order valence-electron chi connectivity index (χ4n) is 5.21. The van der Waals surface area contributed by atoms with Gasteiger partial charge < -0.3 is 24.6 Å². The van der Waals surface area contributed by atoms with Crippen LogP contribution in [0.15, 0.2) is 65.9 Å². The number of pyridine rings is 1. The number of nitrogens with zero attached hydrogens (tertiary/aromatic N) is 4. The molecule has 0 amide bonds. The molecule has 0 radical (unpaired) electrons. The number of hydrogen-bond acceptors (Lipinski definition) is 6. The standard InChI is InChI=1S/C27H26ClF2N5O2/c1-34-11-7-26(8-12-34)25(32-16-19-3-2-4-20(28)13-19)35(17-18-5-9-31-10-6-18)22-15-24-23(14-21(22)33-26)36-27(29,30)37-24/h2-6,9-10,13-15,33H,7-8,11-12,16-17H2,1H3. The minimum absolute atomic E-state index is 0.00111. The highest BCUT2D eigenvalue weighted by Gasteiger charge is 2.48. The Hall–Kier alpha value is -3.43. The van der Waals surface area contributed by atoms with Crippen molar-refractivity contribution in [2.75, 3.05) is 30.4 Å². The Kier molecular flexibility index (Phi) is 5.92. The van der Waals surface area contributed by atoms with Gasteiger partial charge in [-0.15, -0.1) is 8.78 Å². The highest BCUT2D eigenvalue weighted by molar-refractivity contribution is 6.30. The molecule has 1 saturated heterocycles. The number of benzene rings is 2. The van der Waals surface area contributed by atoms with Gasteiger partial charge >= 0.3 is 6.29 Å². The highest BCUT2D eigenvalue weighted by Crippen LogP contribution is 2.50. The summed E-state index contributed by atoms with van der Waals surface area (Å²) in [6.45, 7) is 2.65. The summed E-state index contributed by atoms with van der Waals surface area (Å²) in [6.07, 6.45) is 1.39. The van der Waals surface area contributed by atoms with Crippen LogP contribution in [0.25, 0.3) is 0 Å². The molecule has 0 atom stereocenters. The van der Waals surface area contributed by atoms with Gasteiger partial charge in [-0.2, -0.15) is 0 Å². The van der Waals surface area contributed by atoms with Crippen LogP contribution in [-0.4, -0.2) is 47.7 Å². The zero-order chi connectivity index (χ0) is 25.6. The Morgan fingerprint density at radius 2 is 1.76 bits per heavy atom. The lowest BCUT2D eigenvalue weighted by atomic mass is 9.82. The smallest absolute Gasteiger partial charge is 0.395 e. The average Bonchev–Trinajstić information content (AvgIpc) is 3.17. The molecular formula is C27H26ClF2N5O2. The number of hydrogen-bond donors (Lipinski definition) is 1. The fourth-order valence-corrected chi connectivity index (χ4v) is 5.43. The van der Waals surface area contributed by atoms with Crippen LogP contribution in [0.3, 0.4) is 0 Å². The van der Waals surface area contributed by atoms with Crippen LogP contribution >= 0.6 is 11.6 Å². The molecule has 1 spiro atoms. The quantitative estimate of drug-likeness (QED) is 0.482. The molecule has 1 fully saturated rings. The maximum Gasteiger partial charge on any atom is 0.586 e. The first-order chi connectivity index (χ1) is 17.8. The first kappa shape index (κ1) is 23.9. The molecule has 0 saturated carbocycles. The van der Waals surface area contributed by atoms with E-state index < -0.39 is 11.8 Å². The van der Waals surface area contributed by atoms with E-state index in [1.54, 1.807) is 24.5 Å². The van der Waals surface area contributed by atoms with Crippen LogP contribution in [-0.2, 0) is 13.1 Å². The van der Waals surface area contributed by atoms with E-state index in [2.05, 4.69) is 27.1 Å². The van der Waals surface area contributed by atoms with Crippen molar-refractivity contribution in [1.29, 1.82) is 0 Å². The number of anilines is 2. The summed E-state index contributed by atoms with van der Waals surface area (Å²) in [5, 5.41) is 4.34. The van der Waals surface area contributed by atoms with Gasteiger partial charge in [-0.3, -0.25) is 9.98 Å². The third-order valence-corrected chi connectivity index (χ3v) is 7.33. The van der Waals surface area contributed by atoms with Crippen LogP contribution in [0.5, 0.6) is 11.5 Å². The SMILES string of the molecule is CN1CCC2(CC1)Nc1cc3c(cc1N(Cc1ccncc1)C2=NCc1cccc(Cl)c1)OC(F)(F)O3. The Bertz CT molecular complexity index is 1350. The minimum atomic E-state index is -3.70. The second kappa shape index (κ2) is 9.15. The Morgan fingerprint density at radius 3 is 2.49 bits per heavy atom. The molecular weight excluding hydrogens is 500 g/mol. The van der Waals surface area contributed by atoms with Crippen molar-refractivity contribution in [1.82, 2.24) is 9.88 Å². The van der Waals surface area contributed by atoms with Crippen molar-refractivity contribution in [3.05, 3.63) is 77.1 Å². The summed E-state index contributed by atoms with van der Waals surface area (Å²) in [4.78, 5) is 13.7. The average molecular weight is 526 g/mol. The largest absolute Gasteiger partial charge is 0.586 e. The lowest BCUT2D eigenvalue weighted by Crippen LogP contribution is -2.61. The molecule has 192 valence electrons. The maximum absolute atomic E-state index is 14.0. The molecule has 6 rings (SSSR count). The molecule has 3 aliphatic heterocycles. The minimum Gasteiger partial charge on any atom is -0.395 e. The molecule has 7 nitrogen and oxygen atoms in total. The Morgan fingerprint density at radius 1 is 1.03 bits per heavy atom. The normalized spacial score (nSPS) is 20.6. The van der Waals surface area contributed by atoms with Crippen LogP contribution < -0.4 is 19.7 Å². The number of rotatable bonds is 4. The number of nitrogens with one attached hydrogen (secondary N) is 1. The second-order valence-corrected chi connectivity index (χ2v) is 10.1. The molecule has 0 bridgehead atoms. The number of piperidine rings is 1. The second-order valence-electron chi connectivity index (χ2n) is 9.71. The number of aliphatic imine (C=N–C) groups is 1. The van der Waals surface area contributed by atoms with Gasteiger partial charge in [-0.05, 0) is 55.3 Å². The lowest BCUT2D eigenvalue weighted by molar-refractivity contribution is -0.286. The first-order valence-electron chi connectivity index (χ1n) is 12.2. The predicted octanol–water partition coefficient (Wildman–Crippen LogP) is 5.55. The number of likely N-dealkylation sites (tertiary alicyclic amines) is 1. The molecule has 2 aromatic carbocycles. The number of halogens is 3. The van der Waals surface area contributed by atoms with Crippen LogP contribution in [0.2, 0.25) is 5.02 Å². The number of fused-ring (bicyclic) bond motifs is 2. The van der Waals surface area contributed by atoms with Gasteiger partial charge in [0.25, 0.3) is 0 Å². The summed E-state index contributed by atoms with van der Waals surface area (Å²) < 4.78 is 37.5. The number of aromatic nitrogens is 1. The molecule has 37 heavy (non-hydrogen) atoms. The summed E-state index contributed by atoms with van der Waals surface area (Å²) in [6, 6.07) is 14.8. The number of ether oxygens (including phenoxy) is 2. The van der Waals surface area contributed by atoms with E-state index in [1.807, 2.05) is 36.4 Å². The first-order valence-corrected chi connectivity index (χ1v) is 12.5. The summed E-state index contributed by atoms with van der Waals surface area (Å²) in [5.74, 6) is 0.872. The van der Waals surface area contributed by atoms with E-state index >= 15 is 0 Å². The van der Waals surface area contributed by atoms with E-state index in [9.17, 15) is 8.78 Å². The molecule has 4 heterocycles. The van der Waals surface area contributed by atoms with E-state index in [0.29, 0.717) is 29.5 Å². The van der Waals surface area contributed by atoms with Crippen molar-refractivity contribution in [3.63, 3.8) is 0 Å². The molecule has 3 aliphatic rings. The molecule has 0 unspecified atom stereocenters. The van der Waals surface area contributed by atoms with Crippen molar-refractivity contribution < 1.29 is 18.3 Å². The Labute approximate surface area is 218 Å². The van der Waals surface area contributed by atoms with Crippen molar-refractivity contribution in [2.24, 2.45) is 4.99 Å². The number of alkyl halides is 2. The molecule has 10 heteroatoms. The van der Waals surface area contributed by atoms with Crippen LogP contribution in [0.4, 0.5) is 20.2 Å². The van der Waals surface area contributed by atoms with Gasteiger partial charge in [0.2, 0.25) is 0 Å². The van der Waals surface area contributed by atoms with Gasteiger partial charge in [-0.25, -0.2) is 0 Å². The van der Waals surface area contributed by atoms with Gasteiger partial charge in [0.15, 0.2) is 11.5 Å². The topological polar surface area (TPSA) is 62.2 Å². The predicted molar refractivity (Wildman–Crippen MR) is 139 cm³/mol. The third-order valence-electron chi connectivity index (χ3n) is 7.10. The van der Waals surface area contributed by atoms with Crippen LogP contribution in [0.1, 0.15) is 24.0 Å². The van der Waals surface area contributed by atoms with E-state index in [0.717, 1.165) is 42.9 Å².